The largest absolute Gasteiger partial charge is 0.485 e. The number of primary sulfonamides is 1. The minimum atomic E-state index is -3.90. The summed E-state index contributed by atoms with van der Waals surface area (Å²) >= 11 is 3.04. The Kier molecular flexibility index (Phi) is 4.06. The number of sulfonamides is 1. The smallest absolute Gasteiger partial charge is 0.238 e. The minimum Gasteiger partial charge on any atom is -0.485 e. The number of nitrogens with two attached hydrogens (primary N) is 1. The van der Waals surface area contributed by atoms with E-state index in [9.17, 15) is 12.8 Å². The van der Waals surface area contributed by atoms with E-state index in [-0.39, 0.29) is 17.3 Å². The molecule has 0 fully saturated rings. The summed E-state index contributed by atoms with van der Waals surface area (Å²) < 4.78 is 40.7. The molecule has 0 aliphatic rings. The lowest BCUT2D eigenvalue weighted by Crippen LogP contribution is -2.12. The Morgan fingerprint density at radius 1 is 1.56 bits per heavy atom. The molecule has 0 heterocycles. The Bertz CT molecular complexity index is 515. The molecule has 0 unspecified atom stereocenters. The van der Waals surface area contributed by atoms with Crippen molar-refractivity contribution in [3.8, 4) is 5.75 Å². The molecule has 4 nitrogen and oxygen atoms in total. The SMILES string of the molecule is C=C(Br)COc1ccc(S(N)(=O)=O)cc1F. The first kappa shape index (κ1) is 13.1. The molecule has 0 atom stereocenters. The third kappa shape index (κ3) is 3.58. The van der Waals surface area contributed by atoms with Gasteiger partial charge >= 0.3 is 0 Å². The third-order valence-electron chi connectivity index (χ3n) is 1.62. The van der Waals surface area contributed by atoms with Crippen molar-refractivity contribution in [2.24, 2.45) is 5.14 Å². The second-order valence-electron chi connectivity index (χ2n) is 2.94. The molecule has 1 aromatic rings. The molecule has 0 aliphatic carbocycles. The molecule has 7 heteroatoms. The van der Waals surface area contributed by atoms with Crippen LogP contribution in [0.15, 0.2) is 34.2 Å². The fourth-order valence-electron chi connectivity index (χ4n) is 0.932. The van der Waals surface area contributed by atoms with Crippen molar-refractivity contribution in [3.63, 3.8) is 0 Å². The Hall–Kier alpha value is -0.920. The molecule has 0 aromatic heterocycles. The van der Waals surface area contributed by atoms with Crippen molar-refractivity contribution in [2.45, 2.75) is 4.90 Å². The summed E-state index contributed by atoms with van der Waals surface area (Å²) in [6.45, 7) is 3.60. The monoisotopic (exact) mass is 309 g/mol. The van der Waals surface area contributed by atoms with Crippen LogP contribution in [0.1, 0.15) is 0 Å². The molecule has 0 bridgehead atoms. The first-order valence-corrected chi connectivity index (χ1v) is 6.43. The van der Waals surface area contributed by atoms with Gasteiger partial charge in [0.2, 0.25) is 10.0 Å². The van der Waals surface area contributed by atoms with E-state index >= 15 is 0 Å². The molecular weight excluding hydrogens is 301 g/mol. The van der Waals surface area contributed by atoms with Gasteiger partial charge in [-0.1, -0.05) is 22.5 Å². The Morgan fingerprint density at radius 2 is 2.19 bits per heavy atom. The first-order chi connectivity index (χ1) is 7.30. The standard InChI is InChI=1S/C9H9BrFNO3S/c1-6(10)5-15-9-3-2-7(4-8(9)11)16(12,13)14/h2-4H,1,5H2,(H2,12,13,14). The van der Waals surface area contributed by atoms with E-state index < -0.39 is 15.8 Å². The van der Waals surface area contributed by atoms with Crippen molar-refractivity contribution in [1.29, 1.82) is 0 Å². The summed E-state index contributed by atoms with van der Waals surface area (Å²) in [4.78, 5) is -0.296. The van der Waals surface area contributed by atoms with Gasteiger partial charge in [0.05, 0.1) is 4.90 Å². The Labute approximate surface area is 101 Å². The quantitative estimate of drug-likeness (QED) is 0.921. The van der Waals surface area contributed by atoms with Gasteiger partial charge in [0.15, 0.2) is 11.6 Å². The van der Waals surface area contributed by atoms with Crippen molar-refractivity contribution in [2.75, 3.05) is 6.61 Å². The van der Waals surface area contributed by atoms with Crippen LogP contribution < -0.4 is 9.88 Å². The molecule has 1 rings (SSSR count). The molecular formula is C9H9BrFNO3S. The maximum atomic E-state index is 13.3. The fourth-order valence-corrected chi connectivity index (χ4v) is 1.57. The van der Waals surface area contributed by atoms with Crippen LogP contribution in [0.4, 0.5) is 4.39 Å². The number of ether oxygens (including phenoxy) is 1. The summed E-state index contributed by atoms with van der Waals surface area (Å²) in [5.74, 6) is -0.853. The highest BCUT2D eigenvalue weighted by Crippen LogP contribution is 2.21. The number of halogens is 2. The van der Waals surface area contributed by atoms with Crippen LogP contribution in [-0.2, 0) is 10.0 Å². The van der Waals surface area contributed by atoms with E-state index in [2.05, 4.69) is 22.5 Å². The van der Waals surface area contributed by atoms with Gasteiger partial charge in [0.1, 0.15) is 6.61 Å². The van der Waals surface area contributed by atoms with Gasteiger partial charge in [0.25, 0.3) is 0 Å². The van der Waals surface area contributed by atoms with Crippen molar-refractivity contribution in [3.05, 3.63) is 35.1 Å². The lowest BCUT2D eigenvalue weighted by atomic mass is 10.3. The molecule has 0 aliphatic heterocycles. The average molecular weight is 310 g/mol. The van der Waals surface area contributed by atoms with Crippen LogP contribution in [0.3, 0.4) is 0 Å². The van der Waals surface area contributed by atoms with Crippen LogP contribution in [0, 0.1) is 5.82 Å². The maximum Gasteiger partial charge on any atom is 0.238 e. The molecule has 88 valence electrons. The number of hydrogen-bond donors (Lipinski definition) is 1. The van der Waals surface area contributed by atoms with Gasteiger partial charge in [-0.15, -0.1) is 0 Å². The molecule has 1 aromatic carbocycles. The highest BCUT2D eigenvalue weighted by molar-refractivity contribution is 9.11. The van der Waals surface area contributed by atoms with Gasteiger partial charge < -0.3 is 4.74 Å². The summed E-state index contributed by atoms with van der Waals surface area (Å²) in [6, 6.07) is 3.18. The zero-order valence-corrected chi connectivity index (χ0v) is 10.5. The van der Waals surface area contributed by atoms with Gasteiger partial charge in [-0.3, -0.25) is 0 Å². The van der Waals surface area contributed by atoms with E-state index in [0.717, 1.165) is 6.07 Å². The molecule has 0 radical (unpaired) electrons. The Balaban J connectivity index is 2.96. The third-order valence-corrected chi connectivity index (χ3v) is 2.76. The average Bonchev–Trinajstić information content (AvgIpc) is 2.14. The highest BCUT2D eigenvalue weighted by atomic mass is 79.9. The molecule has 0 saturated carbocycles. The second kappa shape index (κ2) is 4.94. The van der Waals surface area contributed by atoms with Gasteiger partial charge in [-0.2, -0.15) is 0 Å². The van der Waals surface area contributed by atoms with Crippen LogP contribution in [-0.4, -0.2) is 15.0 Å². The van der Waals surface area contributed by atoms with E-state index in [0.29, 0.717) is 4.48 Å². The van der Waals surface area contributed by atoms with Crippen molar-refractivity contribution >= 4 is 26.0 Å². The van der Waals surface area contributed by atoms with Crippen molar-refractivity contribution < 1.29 is 17.5 Å². The predicted octanol–water partition coefficient (Wildman–Crippen LogP) is 1.76. The van der Waals surface area contributed by atoms with Crippen LogP contribution in [0.25, 0.3) is 0 Å². The maximum absolute atomic E-state index is 13.3. The van der Waals surface area contributed by atoms with Gasteiger partial charge in [-0.05, 0) is 18.2 Å². The van der Waals surface area contributed by atoms with Crippen LogP contribution in [0.5, 0.6) is 5.75 Å². The zero-order valence-electron chi connectivity index (χ0n) is 8.11. The second-order valence-corrected chi connectivity index (χ2v) is 5.63. The fraction of sp³-hybridized carbons (Fsp3) is 0.111. The number of benzene rings is 1. The van der Waals surface area contributed by atoms with E-state index in [4.69, 9.17) is 9.88 Å². The summed E-state index contributed by atoms with van der Waals surface area (Å²) in [7, 11) is -3.90. The van der Waals surface area contributed by atoms with E-state index in [1.165, 1.54) is 12.1 Å². The zero-order chi connectivity index (χ0) is 12.3. The van der Waals surface area contributed by atoms with Crippen molar-refractivity contribution in [1.82, 2.24) is 0 Å². The molecule has 0 spiro atoms. The molecule has 2 N–H and O–H groups in total. The Morgan fingerprint density at radius 3 is 2.62 bits per heavy atom. The molecule has 0 saturated heterocycles. The van der Waals surface area contributed by atoms with Crippen LogP contribution in [0.2, 0.25) is 0 Å². The lowest BCUT2D eigenvalue weighted by Gasteiger charge is -2.07. The van der Waals surface area contributed by atoms with E-state index in [1.807, 2.05) is 0 Å². The minimum absolute atomic E-state index is 0.0620. The predicted molar refractivity (Wildman–Crippen MR) is 61.3 cm³/mol. The summed E-state index contributed by atoms with van der Waals surface area (Å²) in [5, 5.41) is 4.84. The highest BCUT2D eigenvalue weighted by Gasteiger charge is 2.12. The molecule has 16 heavy (non-hydrogen) atoms. The number of rotatable bonds is 4. The van der Waals surface area contributed by atoms with Gasteiger partial charge in [0, 0.05) is 4.48 Å². The van der Waals surface area contributed by atoms with Crippen LogP contribution >= 0.6 is 15.9 Å². The summed E-state index contributed by atoms with van der Waals surface area (Å²) in [6.07, 6.45) is 0. The normalized spacial score (nSPS) is 11.2. The van der Waals surface area contributed by atoms with Gasteiger partial charge in [-0.25, -0.2) is 17.9 Å². The summed E-state index contributed by atoms with van der Waals surface area (Å²) in [5.41, 5.74) is 0. The number of hydrogen-bond acceptors (Lipinski definition) is 3. The topological polar surface area (TPSA) is 69.4 Å². The first-order valence-electron chi connectivity index (χ1n) is 4.09. The van der Waals surface area contributed by atoms with E-state index in [1.54, 1.807) is 0 Å². The lowest BCUT2D eigenvalue weighted by molar-refractivity contribution is 0.339. The molecule has 0 amide bonds.